The molecule has 0 fully saturated rings. The molecule has 0 aliphatic carbocycles. The minimum absolute atomic E-state index is 0.0257. The lowest BCUT2D eigenvalue weighted by Gasteiger charge is -2.22. The monoisotopic (exact) mass is 239 g/mol. The topological polar surface area (TPSA) is 50.7 Å². The van der Waals surface area contributed by atoms with Crippen LogP contribution in [0.1, 0.15) is 25.5 Å². The minimum Gasteiger partial charge on any atom is -0.497 e. The van der Waals surface area contributed by atoms with E-state index in [9.17, 15) is 5.11 Å². The first-order valence-electron chi connectivity index (χ1n) is 5.77. The highest BCUT2D eigenvalue weighted by molar-refractivity contribution is 5.42. The molecule has 0 heterocycles. The van der Waals surface area contributed by atoms with Gasteiger partial charge in [0, 0.05) is 17.7 Å². The molecule has 17 heavy (non-hydrogen) atoms. The molecular formula is C13H21NO3. The van der Waals surface area contributed by atoms with Gasteiger partial charge in [-0.1, -0.05) is 6.92 Å². The van der Waals surface area contributed by atoms with Gasteiger partial charge < -0.3 is 19.9 Å². The summed E-state index contributed by atoms with van der Waals surface area (Å²) in [4.78, 5) is 0. The number of aliphatic hydroxyl groups is 1. The number of likely N-dealkylation sites (N-methyl/N-ethyl adjacent to an activating group) is 1. The summed E-state index contributed by atoms with van der Waals surface area (Å²) in [6, 6.07) is 5.40. The van der Waals surface area contributed by atoms with E-state index >= 15 is 0 Å². The lowest BCUT2D eigenvalue weighted by Crippen LogP contribution is -2.32. The van der Waals surface area contributed by atoms with Crippen molar-refractivity contribution in [3.63, 3.8) is 0 Å². The van der Waals surface area contributed by atoms with Crippen molar-refractivity contribution in [2.45, 2.75) is 26.0 Å². The van der Waals surface area contributed by atoms with Gasteiger partial charge in [0.2, 0.25) is 0 Å². The van der Waals surface area contributed by atoms with Gasteiger partial charge in [0.25, 0.3) is 0 Å². The van der Waals surface area contributed by atoms with Gasteiger partial charge in [-0.3, -0.25) is 0 Å². The van der Waals surface area contributed by atoms with E-state index in [0.29, 0.717) is 11.5 Å². The minimum atomic E-state index is -0.601. The van der Waals surface area contributed by atoms with E-state index in [1.165, 1.54) is 0 Å². The van der Waals surface area contributed by atoms with Crippen LogP contribution in [0.15, 0.2) is 18.2 Å². The van der Waals surface area contributed by atoms with Crippen molar-refractivity contribution in [1.29, 1.82) is 0 Å². The number of aliphatic hydroxyl groups excluding tert-OH is 1. The highest BCUT2D eigenvalue weighted by atomic mass is 16.5. The third-order valence-electron chi connectivity index (χ3n) is 2.76. The van der Waals surface area contributed by atoms with Crippen molar-refractivity contribution in [2.24, 2.45) is 0 Å². The maximum Gasteiger partial charge on any atom is 0.128 e. The Morgan fingerprint density at radius 1 is 1.29 bits per heavy atom. The fourth-order valence-corrected chi connectivity index (χ4v) is 1.77. The van der Waals surface area contributed by atoms with Gasteiger partial charge >= 0.3 is 0 Å². The summed E-state index contributed by atoms with van der Waals surface area (Å²) in [7, 11) is 3.19. The second kappa shape index (κ2) is 6.47. The molecule has 1 rings (SSSR count). The maximum atomic E-state index is 10.2. The Morgan fingerprint density at radius 2 is 2.00 bits per heavy atom. The van der Waals surface area contributed by atoms with E-state index in [4.69, 9.17) is 9.47 Å². The molecule has 0 radical (unpaired) electrons. The SMILES string of the molecule is CCNC(C)C(O)c1ccc(OC)cc1OC. The quantitative estimate of drug-likeness (QED) is 0.794. The van der Waals surface area contributed by atoms with Gasteiger partial charge in [0.05, 0.1) is 20.3 Å². The first kappa shape index (κ1) is 13.8. The molecule has 0 aliphatic rings. The average molecular weight is 239 g/mol. The molecule has 0 saturated carbocycles. The highest BCUT2D eigenvalue weighted by Gasteiger charge is 2.19. The van der Waals surface area contributed by atoms with E-state index in [-0.39, 0.29) is 6.04 Å². The van der Waals surface area contributed by atoms with Crippen molar-refractivity contribution in [1.82, 2.24) is 5.32 Å². The largest absolute Gasteiger partial charge is 0.497 e. The summed E-state index contributed by atoms with van der Waals surface area (Å²) in [5.74, 6) is 1.36. The van der Waals surface area contributed by atoms with Crippen LogP contribution in [0.3, 0.4) is 0 Å². The molecule has 4 heteroatoms. The number of methoxy groups -OCH3 is 2. The standard InChI is InChI=1S/C13H21NO3/c1-5-14-9(2)13(15)11-7-6-10(16-3)8-12(11)17-4/h6-9,13-15H,5H2,1-4H3. The van der Waals surface area contributed by atoms with Gasteiger partial charge in [-0.05, 0) is 25.6 Å². The smallest absolute Gasteiger partial charge is 0.128 e. The Kier molecular flexibility index (Phi) is 5.25. The summed E-state index contributed by atoms with van der Waals surface area (Å²) >= 11 is 0. The molecule has 0 aliphatic heterocycles. The highest BCUT2D eigenvalue weighted by Crippen LogP contribution is 2.30. The molecule has 0 amide bonds. The van der Waals surface area contributed by atoms with Crippen molar-refractivity contribution in [3.8, 4) is 11.5 Å². The van der Waals surface area contributed by atoms with Crippen molar-refractivity contribution >= 4 is 0 Å². The Hall–Kier alpha value is -1.26. The summed E-state index contributed by atoms with van der Waals surface area (Å²) in [5.41, 5.74) is 0.766. The lowest BCUT2D eigenvalue weighted by molar-refractivity contribution is 0.133. The van der Waals surface area contributed by atoms with Gasteiger partial charge in [0.1, 0.15) is 11.5 Å². The molecule has 4 nitrogen and oxygen atoms in total. The van der Waals surface area contributed by atoms with E-state index in [1.807, 2.05) is 26.0 Å². The molecular weight excluding hydrogens is 218 g/mol. The number of hydrogen-bond acceptors (Lipinski definition) is 4. The Balaban J connectivity index is 2.96. The third kappa shape index (κ3) is 3.35. The number of ether oxygens (including phenoxy) is 2. The van der Waals surface area contributed by atoms with Crippen LogP contribution in [0.2, 0.25) is 0 Å². The summed E-state index contributed by atoms with van der Waals surface area (Å²) in [5, 5.41) is 13.4. The molecule has 0 saturated heterocycles. The summed E-state index contributed by atoms with van der Waals surface area (Å²) < 4.78 is 10.4. The Labute approximate surface area is 103 Å². The van der Waals surface area contributed by atoms with Gasteiger partial charge in [-0.25, -0.2) is 0 Å². The van der Waals surface area contributed by atoms with Crippen molar-refractivity contribution in [2.75, 3.05) is 20.8 Å². The number of nitrogens with one attached hydrogen (secondary N) is 1. The normalized spacial score (nSPS) is 14.2. The lowest BCUT2D eigenvalue weighted by atomic mass is 10.0. The number of hydrogen-bond donors (Lipinski definition) is 2. The van der Waals surface area contributed by atoms with Crippen LogP contribution in [0.5, 0.6) is 11.5 Å². The second-order valence-corrected chi connectivity index (χ2v) is 3.90. The molecule has 2 N–H and O–H groups in total. The predicted molar refractivity (Wildman–Crippen MR) is 67.6 cm³/mol. The van der Waals surface area contributed by atoms with Crippen molar-refractivity contribution in [3.05, 3.63) is 23.8 Å². The molecule has 0 bridgehead atoms. The molecule has 2 unspecified atom stereocenters. The molecule has 0 aromatic heterocycles. The van der Waals surface area contributed by atoms with E-state index in [2.05, 4.69) is 5.32 Å². The van der Waals surface area contributed by atoms with E-state index < -0.39 is 6.10 Å². The van der Waals surface area contributed by atoms with Gasteiger partial charge in [-0.2, -0.15) is 0 Å². The predicted octanol–water partition coefficient (Wildman–Crippen LogP) is 1.74. The molecule has 2 atom stereocenters. The summed E-state index contributed by atoms with van der Waals surface area (Å²) in [6.45, 7) is 4.77. The Morgan fingerprint density at radius 3 is 2.53 bits per heavy atom. The summed E-state index contributed by atoms with van der Waals surface area (Å²) in [6.07, 6.45) is -0.601. The Bertz CT molecular complexity index is 355. The average Bonchev–Trinajstić information content (AvgIpc) is 2.37. The van der Waals surface area contributed by atoms with Crippen LogP contribution in [0, 0.1) is 0 Å². The molecule has 1 aromatic carbocycles. The van der Waals surface area contributed by atoms with E-state index in [0.717, 1.165) is 12.1 Å². The zero-order valence-corrected chi connectivity index (χ0v) is 10.9. The van der Waals surface area contributed by atoms with Gasteiger partial charge in [-0.15, -0.1) is 0 Å². The first-order chi connectivity index (χ1) is 8.13. The maximum absolute atomic E-state index is 10.2. The fraction of sp³-hybridized carbons (Fsp3) is 0.538. The van der Waals surface area contributed by atoms with Gasteiger partial charge in [0.15, 0.2) is 0 Å². The second-order valence-electron chi connectivity index (χ2n) is 3.90. The number of benzene rings is 1. The van der Waals surface area contributed by atoms with Crippen LogP contribution >= 0.6 is 0 Å². The molecule has 1 aromatic rings. The van der Waals surface area contributed by atoms with Crippen LogP contribution in [0.25, 0.3) is 0 Å². The van der Waals surface area contributed by atoms with Crippen LogP contribution in [0.4, 0.5) is 0 Å². The van der Waals surface area contributed by atoms with E-state index in [1.54, 1.807) is 20.3 Å². The van der Waals surface area contributed by atoms with Crippen LogP contribution in [-0.2, 0) is 0 Å². The fourth-order valence-electron chi connectivity index (χ4n) is 1.77. The molecule has 0 spiro atoms. The zero-order valence-electron chi connectivity index (χ0n) is 10.9. The molecule has 96 valence electrons. The third-order valence-corrected chi connectivity index (χ3v) is 2.76. The van der Waals surface area contributed by atoms with Crippen LogP contribution < -0.4 is 14.8 Å². The first-order valence-corrected chi connectivity index (χ1v) is 5.77. The zero-order chi connectivity index (χ0) is 12.8. The number of rotatable bonds is 6. The van der Waals surface area contributed by atoms with Crippen LogP contribution in [-0.4, -0.2) is 31.9 Å². The van der Waals surface area contributed by atoms with Crippen molar-refractivity contribution < 1.29 is 14.6 Å².